The van der Waals surface area contributed by atoms with E-state index < -0.39 is 0 Å². The molecule has 2 aromatic carbocycles. The van der Waals surface area contributed by atoms with Gasteiger partial charge in [-0.2, -0.15) is 0 Å². The zero-order valence-electron chi connectivity index (χ0n) is 11.2. The molecule has 0 atom stereocenters. The Labute approximate surface area is 132 Å². The SMILES string of the molecule is Nc1cc(Cl)c(Cl)cc1Nc1ccc2c(c1)OCCCO2. The number of nitrogens with two attached hydrogens (primary N) is 1. The molecule has 0 fully saturated rings. The number of ether oxygens (including phenoxy) is 2. The van der Waals surface area contributed by atoms with E-state index in [1.807, 2.05) is 18.2 Å². The van der Waals surface area contributed by atoms with E-state index in [1.165, 1.54) is 0 Å². The van der Waals surface area contributed by atoms with Crippen LogP contribution in [0.25, 0.3) is 0 Å². The molecule has 4 nitrogen and oxygen atoms in total. The number of benzene rings is 2. The highest BCUT2D eigenvalue weighted by molar-refractivity contribution is 6.42. The highest BCUT2D eigenvalue weighted by Crippen LogP contribution is 2.36. The molecule has 0 bridgehead atoms. The van der Waals surface area contributed by atoms with Gasteiger partial charge >= 0.3 is 0 Å². The smallest absolute Gasteiger partial charge is 0.163 e. The lowest BCUT2D eigenvalue weighted by Gasteiger charge is -2.13. The fourth-order valence-electron chi connectivity index (χ4n) is 2.07. The van der Waals surface area contributed by atoms with Gasteiger partial charge in [0.05, 0.1) is 34.6 Å². The standard InChI is InChI=1S/C15H14Cl2N2O2/c16-10-7-12(18)13(8-11(10)17)19-9-2-3-14-15(6-9)21-5-1-4-20-14/h2-3,6-8,19H,1,4-5,18H2. The monoisotopic (exact) mass is 324 g/mol. The summed E-state index contributed by atoms with van der Waals surface area (Å²) in [6.07, 6.45) is 0.872. The number of nitrogen functional groups attached to an aromatic ring is 1. The summed E-state index contributed by atoms with van der Waals surface area (Å²) in [6, 6.07) is 8.96. The predicted octanol–water partition coefficient (Wildman–Crippen LogP) is 4.48. The largest absolute Gasteiger partial charge is 0.490 e. The van der Waals surface area contributed by atoms with Gasteiger partial charge < -0.3 is 20.5 Å². The van der Waals surface area contributed by atoms with Gasteiger partial charge in [0.15, 0.2) is 11.5 Å². The maximum Gasteiger partial charge on any atom is 0.163 e. The van der Waals surface area contributed by atoms with Crippen molar-refractivity contribution in [1.82, 2.24) is 0 Å². The number of rotatable bonds is 2. The summed E-state index contributed by atoms with van der Waals surface area (Å²) < 4.78 is 11.3. The minimum Gasteiger partial charge on any atom is -0.490 e. The van der Waals surface area contributed by atoms with Crippen molar-refractivity contribution in [2.24, 2.45) is 0 Å². The molecular formula is C15H14Cl2N2O2. The third-order valence-corrected chi connectivity index (χ3v) is 3.84. The molecule has 0 aliphatic carbocycles. The van der Waals surface area contributed by atoms with Gasteiger partial charge in [0.25, 0.3) is 0 Å². The normalized spacial score (nSPS) is 13.6. The Bertz CT molecular complexity index is 677. The van der Waals surface area contributed by atoms with E-state index in [0.717, 1.165) is 23.6 Å². The molecule has 1 heterocycles. The van der Waals surface area contributed by atoms with Crippen LogP contribution in [0.2, 0.25) is 10.0 Å². The summed E-state index contributed by atoms with van der Waals surface area (Å²) in [6.45, 7) is 1.31. The first-order chi connectivity index (χ1) is 10.1. The van der Waals surface area contributed by atoms with Gasteiger partial charge in [-0.1, -0.05) is 23.2 Å². The van der Waals surface area contributed by atoms with E-state index in [2.05, 4.69) is 5.32 Å². The molecule has 0 saturated heterocycles. The van der Waals surface area contributed by atoms with Gasteiger partial charge in [-0.25, -0.2) is 0 Å². The van der Waals surface area contributed by atoms with Gasteiger partial charge in [0.1, 0.15) is 0 Å². The van der Waals surface area contributed by atoms with Crippen LogP contribution in [0.3, 0.4) is 0 Å². The lowest BCUT2D eigenvalue weighted by Crippen LogP contribution is -1.98. The summed E-state index contributed by atoms with van der Waals surface area (Å²) in [5.74, 6) is 1.47. The Morgan fingerprint density at radius 2 is 1.67 bits per heavy atom. The van der Waals surface area contributed by atoms with Crippen molar-refractivity contribution in [1.29, 1.82) is 0 Å². The first-order valence-electron chi connectivity index (χ1n) is 6.54. The summed E-state index contributed by atoms with van der Waals surface area (Å²) in [5, 5.41) is 4.08. The molecule has 0 radical (unpaired) electrons. The second-order valence-corrected chi connectivity index (χ2v) is 5.50. The molecule has 1 aliphatic heterocycles. The highest BCUT2D eigenvalue weighted by Gasteiger charge is 2.12. The van der Waals surface area contributed by atoms with Crippen LogP contribution < -0.4 is 20.5 Å². The second-order valence-electron chi connectivity index (χ2n) is 4.69. The van der Waals surface area contributed by atoms with Crippen molar-refractivity contribution in [2.75, 3.05) is 24.3 Å². The number of nitrogens with one attached hydrogen (secondary N) is 1. The van der Waals surface area contributed by atoms with Gasteiger partial charge in [-0.3, -0.25) is 0 Å². The molecule has 0 spiro atoms. The molecule has 1 aliphatic rings. The van der Waals surface area contributed by atoms with E-state index in [9.17, 15) is 0 Å². The highest BCUT2D eigenvalue weighted by atomic mass is 35.5. The molecule has 0 saturated carbocycles. The van der Waals surface area contributed by atoms with Crippen molar-refractivity contribution in [3.8, 4) is 11.5 Å². The fourth-order valence-corrected chi connectivity index (χ4v) is 2.40. The average Bonchev–Trinajstić information content (AvgIpc) is 2.69. The molecule has 6 heteroatoms. The fraction of sp³-hybridized carbons (Fsp3) is 0.200. The average molecular weight is 325 g/mol. The first-order valence-corrected chi connectivity index (χ1v) is 7.30. The molecule has 3 rings (SSSR count). The van der Waals surface area contributed by atoms with Crippen LogP contribution in [0.5, 0.6) is 11.5 Å². The van der Waals surface area contributed by atoms with Crippen molar-refractivity contribution < 1.29 is 9.47 Å². The first kappa shape index (κ1) is 14.2. The van der Waals surface area contributed by atoms with Crippen molar-refractivity contribution in [2.45, 2.75) is 6.42 Å². The van der Waals surface area contributed by atoms with Crippen LogP contribution in [0.4, 0.5) is 17.1 Å². The van der Waals surface area contributed by atoms with Crippen LogP contribution in [-0.4, -0.2) is 13.2 Å². The Morgan fingerprint density at radius 3 is 2.48 bits per heavy atom. The lowest BCUT2D eigenvalue weighted by atomic mass is 10.2. The molecule has 3 N–H and O–H groups in total. The second kappa shape index (κ2) is 5.92. The number of hydrogen-bond acceptors (Lipinski definition) is 4. The van der Waals surface area contributed by atoms with Gasteiger partial charge in [0, 0.05) is 18.2 Å². The zero-order valence-corrected chi connectivity index (χ0v) is 12.7. The summed E-state index contributed by atoms with van der Waals surface area (Å²) >= 11 is 11.9. The maximum absolute atomic E-state index is 6.02. The van der Waals surface area contributed by atoms with Gasteiger partial charge in [-0.05, 0) is 24.3 Å². The molecule has 0 aromatic heterocycles. The third-order valence-electron chi connectivity index (χ3n) is 3.12. The maximum atomic E-state index is 6.02. The van der Waals surface area contributed by atoms with Crippen LogP contribution in [-0.2, 0) is 0 Å². The topological polar surface area (TPSA) is 56.5 Å². The molecule has 2 aromatic rings. The summed E-state index contributed by atoms with van der Waals surface area (Å²) in [4.78, 5) is 0. The van der Waals surface area contributed by atoms with Crippen LogP contribution in [0.1, 0.15) is 6.42 Å². The Kier molecular flexibility index (Phi) is 3.99. The van der Waals surface area contributed by atoms with E-state index in [-0.39, 0.29) is 0 Å². The van der Waals surface area contributed by atoms with E-state index >= 15 is 0 Å². The van der Waals surface area contributed by atoms with Crippen LogP contribution in [0, 0.1) is 0 Å². The number of hydrogen-bond donors (Lipinski definition) is 2. The Hall–Kier alpha value is -1.78. The molecule has 110 valence electrons. The zero-order chi connectivity index (χ0) is 14.8. The number of anilines is 3. The van der Waals surface area contributed by atoms with Crippen molar-refractivity contribution in [3.05, 3.63) is 40.4 Å². The molecule has 21 heavy (non-hydrogen) atoms. The van der Waals surface area contributed by atoms with Crippen molar-refractivity contribution >= 4 is 40.3 Å². The molecule has 0 amide bonds. The van der Waals surface area contributed by atoms with Crippen LogP contribution >= 0.6 is 23.2 Å². The van der Waals surface area contributed by atoms with Crippen LogP contribution in [0.15, 0.2) is 30.3 Å². The quantitative estimate of drug-likeness (QED) is 0.799. The minimum atomic E-state index is 0.429. The molecule has 0 unspecified atom stereocenters. The Morgan fingerprint density at radius 1 is 0.952 bits per heavy atom. The third kappa shape index (κ3) is 3.12. The minimum absolute atomic E-state index is 0.429. The summed E-state index contributed by atoms with van der Waals surface area (Å²) in [5.41, 5.74) is 7.99. The van der Waals surface area contributed by atoms with Crippen molar-refractivity contribution in [3.63, 3.8) is 0 Å². The summed E-state index contributed by atoms with van der Waals surface area (Å²) in [7, 11) is 0. The van der Waals surface area contributed by atoms with Gasteiger partial charge in [0.2, 0.25) is 0 Å². The van der Waals surface area contributed by atoms with E-state index in [4.69, 9.17) is 38.4 Å². The van der Waals surface area contributed by atoms with E-state index in [0.29, 0.717) is 34.6 Å². The predicted molar refractivity (Wildman–Crippen MR) is 86.2 cm³/mol. The Balaban J connectivity index is 1.88. The molecular weight excluding hydrogens is 311 g/mol. The van der Waals surface area contributed by atoms with E-state index in [1.54, 1.807) is 12.1 Å². The van der Waals surface area contributed by atoms with Gasteiger partial charge in [-0.15, -0.1) is 0 Å². The number of halogens is 2. The number of fused-ring (bicyclic) bond motifs is 1. The lowest BCUT2D eigenvalue weighted by molar-refractivity contribution is 0.297.